The number of aliphatic hydroxyl groups excluding tert-OH is 1. The average Bonchev–Trinajstić information content (AvgIpc) is 3.01. The van der Waals surface area contributed by atoms with E-state index in [4.69, 9.17) is 0 Å². The summed E-state index contributed by atoms with van der Waals surface area (Å²) in [5.74, 6) is -0.228. The highest BCUT2D eigenvalue weighted by atomic mass is 16.3. The van der Waals surface area contributed by atoms with Crippen LogP contribution in [0.15, 0.2) is 41.2 Å². The largest absolute Gasteiger partial charge is 0.394 e. The third-order valence-electron chi connectivity index (χ3n) is 3.91. The minimum atomic E-state index is -0.315. The van der Waals surface area contributed by atoms with Gasteiger partial charge in [0.2, 0.25) is 5.91 Å². The molecule has 0 spiro atoms. The van der Waals surface area contributed by atoms with Crippen molar-refractivity contribution in [2.75, 3.05) is 13.2 Å². The lowest BCUT2D eigenvalue weighted by Crippen LogP contribution is -2.42. The van der Waals surface area contributed by atoms with Gasteiger partial charge >= 0.3 is 0 Å². The molecule has 0 radical (unpaired) electrons. The zero-order chi connectivity index (χ0) is 15.7. The number of rotatable bonds is 3. The summed E-state index contributed by atoms with van der Waals surface area (Å²) < 4.78 is 1.20. The van der Waals surface area contributed by atoms with Crippen molar-refractivity contribution in [1.82, 2.24) is 14.7 Å². The van der Waals surface area contributed by atoms with Gasteiger partial charge in [-0.25, -0.2) is 4.68 Å². The van der Waals surface area contributed by atoms with Gasteiger partial charge < -0.3 is 10.0 Å². The second-order valence-electron chi connectivity index (χ2n) is 5.32. The third-order valence-corrected chi connectivity index (χ3v) is 3.91. The molecule has 1 atom stereocenters. The highest BCUT2D eigenvalue weighted by Gasteiger charge is 2.24. The van der Waals surface area contributed by atoms with Crippen LogP contribution in [-0.4, -0.2) is 44.9 Å². The van der Waals surface area contributed by atoms with E-state index in [0.29, 0.717) is 17.6 Å². The molecule has 6 heteroatoms. The summed E-state index contributed by atoms with van der Waals surface area (Å²) in [7, 11) is 0. The second-order valence-corrected chi connectivity index (χ2v) is 5.32. The van der Waals surface area contributed by atoms with Crippen LogP contribution in [0.5, 0.6) is 0 Å². The van der Waals surface area contributed by atoms with Crippen molar-refractivity contribution >= 4 is 16.7 Å². The molecule has 114 valence electrons. The normalized spacial score (nSPS) is 17.4. The van der Waals surface area contributed by atoms with Crippen molar-refractivity contribution in [2.24, 2.45) is 0 Å². The van der Waals surface area contributed by atoms with Crippen LogP contribution in [-0.2, 0) is 11.3 Å². The molecule has 1 aromatic carbocycles. The summed E-state index contributed by atoms with van der Waals surface area (Å²) in [4.78, 5) is 26.3. The topological polar surface area (TPSA) is 75.4 Å². The fourth-order valence-corrected chi connectivity index (χ4v) is 2.75. The predicted molar refractivity (Wildman–Crippen MR) is 82.5 cm³/mol. The molecular formula is C16H17N3O3. The van der Waals surface area contributed by atoms with E-state index in [9.17, 15) is 14.7 Å². The number of nitrogens with zero attached hydrogens (tertiary/aromatic N) is 3. The number of fused-ring (bicyclic) bond motifs is 1. The Hall–Kier alpha value is -2.47. The van der Waals surface area contributed by atoms with Crippen LogP contribution in [0.3, 0.4) is 0 Å². The Kier molecular flexibility index (Phi) is 3.77. The number of carbonyl (C=O) groups is 1. The first-order chi connectivity index (χ1) is 10.6. The standard InChI is InChI=1S/C16H17N3O3/c1-11-13-6-2-3-7-14(13)16(22)19(17-11)9-15(21)18-8-4-5-12(18)10-20/h2-7,12,20H,8-10H2,1H3. The fraction of sp³-hybridized carbons (Fsp3) is 0.312. The Morgan fingerprint density at radius 3 is 2.82 bits per heavy atom. The van der Waals surface area contributed by atoms with Crippen molar-refractivity contribution in [2.45, 2.75) is 19.5 Å². The molecule has 1 N–H and O–H groups in total. The molecule has 0 fully saturated rings. The Bertz CT molecular complexity index is 810. The van der Waals surface area contributed by atoms with E-state index >= 15 is 0 Å². The number of hydrogen-bond acceptors (Lipinski definition) is 4. The number of carbonyl (C=O) groups excluding carboxylic acids is 1. The van der Waals surface area contributed by atoms with E-state index in [2.05, 4.69) is 5.10 Å². The number of hydrogen-bond donors (Lipinski definition) is 1. The Labute approximate surface area is 127 Å². The zero-order valence-corrected chi connectivity index (χ0v) is 12.3. The Morgan fingerprint density at radius 2 is 2.09 bits per heavy atom. The van der Waals surface area contributed by atoms with E-state index in [-0.39, 0.29) is 30.7 Å². The smallest absolute Gasteiger partial charge is 0.275 e. The zero-order valence-electron chi connectivity index (χ0n) is 12.3. The molecule has 1 aliphatic heterocycles. The highest BCUT2D eigenvalue weighted by Crippen LogP contribution is 2.13. The lowest BCUT2D eigenvalue weighted by Gasteiger charge is -2.23. The van der Waals surface area contributed by atoms with E-state index < -0.39 is 0 Å². The molecule has 2 heterocycles. The molecule has 6 nitrogen and oxygen atoms in total. The first-order valence-corrected chi connectivity index (χ1v) is 7.15. The maximum absolute atomic E-state index is 12.4. The van der Waals surface area contributed by atoms with Gasteiger partial charge in [-0.3, -0.25) is 9.59 Å². The SMILES string of the molecule is Cc1nn(CC(=O)N2CC=CC2CO)c(=O)c2ccccc12. The molecule has 3 rings (SSSR count). The van der Waals surface area contributed by atoms with E-state index in [0.717, 1.165) is 5.39 Å². The third kappa shape index (κ3) is 2.42. The van der Waals surface area contributed by atoms with Gasteiger partial charge in [-0.15, -0.1) is 0 Å². The molecule has 0 saturated heterocycles. The minimum Gasteiger partial charge on any atom is -0.394 e. The summed E-state index contributed by atoms with van der Waals surface area (Å²) in [5.41, 5.74) is 0.434. The quantitative estimate of drug-likeness (QED) is 0.836. The van der Waals surface area contributed by atoms with Crippen molar-refractivity contribution in [3.8, 4) is 0 Å². The van der Waals surface area contributed by atoms with Crippen LogP contribution >= 0.6 is 0 Å². The van der Waals surface area contributed by atoms with E-state index in [1.807, 2.05) is 25.1 Å². The fourth-order valence-electron chi connectivity index (χ4n) is 2.75. The van der Waals surface area contributed by atoms with Crippen LogP contribution in [0.2, 0.25) is 0 Å². The van der Waals surface area contributed by atoms with Crippen LogP contribution in [0.4, 0.5) is 0 Å². The van der Waals surface area contributed by atoms with Crippen LogP contribution in [0.1, 0.15) is 5.69 Å². The van der Waals surface area contributed by atoms with Crippen molar-refractivity contribution < 1.29 is 9.90 Å². The van der Waals surface area contributed by atoms with Crippen molar-refractivity contribution in [3.63, 3.8) is 0 Å². The average molecular weight is 299 g/mol. The van der Waals surface area contributed by atoms with Crippen molar-refractivity contribution in [3.05, 3.63) is 52.5 Å². The van der Waals surface area contributed by atoms with Gasteiger partial charge in [0.15, 0.2) is 0 Å². The molecule has 1 amide bonds. The van der Waals surface area contributed by atoms with Gasteiger partial charge in [0.1, 0.15) is 6.54 Å². The van der Waals surface area contributed by atoms with Crippen LogP contribution < -0.4 is 5.56 Å². The van der Waals surface area contributed by atoms with Gasteiger partial charge in [-0.05, 0) is 13.0 Å². The molecule has 0 bridgehead atoms. The summed E-state index contributed by atoms with van der Waals surface area (Å²) in [5, 5.41) is 14.9. The maximum atomic E-state index is 12.4. The highest BCUT2D eigenvalue weighted by molar-refractivity contribution is 5.84. The van der Waals surface area contributed by atoms with Gasteiger partial charge in [0.25, 0.3) is 5.56 Å². The summed E-state index contributed by atoms with van der Waals surface area (Å²) in [6.45, 7) is 2.02. The molecule has 0 aliphatic carbocycles. The second kappa shape index (κ2) is 5.73. The molecule has 0 saturated carbocycles. The van der Waals surface area contributed by atoms with Gasteiger partial charge in [-0.1, -0.05) is 30.4 Å². The predicted octanol–water partition coefficient (Wildman–Crippen LogP) is 0.464. The van der Waals surface area contributed by atoms with E-state index in [1.165, 1.54) is 4.68 Å². The van der Waals surface area contributed by atoms with Crippen LogP contribution in [0, 0.1) is 6.92 Å². The minimum absolute atomic E-state index is 0.122. The van der Waals surface area contributed by atoms with Crippen molar-refractivity contribution in [1.29, 1.82) is 0 Å². The van der Waals surface area contributed by atoms with Gasteiger partial charge in [0, 0.05) is 11.9 Å². The number of aromatic nitrogens is 2. The number of aryl methyl sites for hydroxylation is 1. The molecular weight excluding hydrogens is 282 g/mol. The molecule has 22 heavy (non-hydrogen) atoms. The lowest BCUT2D eigenvalue weighted by molar-refractivity contribution is -0.133. The van der Waals surface area contributed by atoms with E-state index in [1.54, 1.807) is 23.1 Å². The molecule has 1 aromatic heterocycles. The summed E-state index contributed by atoms with van der Waals surface area (Å²) >= 11 is 0. The van der Waals surface area contributed by atoms with Gasteiger partial charge in [0.05, 0.1) is 23.7 Å². The lowest BCUT2D eigenvalue weighted by atomic mass is 10.1. The number of aliphatic hydroxyl groups is 1. The molecule has 2 aromatic rings. The Morgan fingerprint density at radius 1 is 1.36 bits per heavy atom. The monoisotopic (exact) mass is 299 g/mol. The number of benzene rings is 1. The molecule has 1 unspecified atom stereocenters. The van der Waals surface area contributed by atoms with Gasteiger partial charge in [-0.2, -0.15) is 5.10 Å². The first-order valence-electron chi connectivity index (χ1n) is 7.15. The summed E-state index contributed by atoms with van der Waals surface area (Å²) in [6, 6.07) is 6.91. The Balaban J connectivity index is 1.93. The maximum Gasteiger partial charge on any atom is 0.275 e. The first kappa shape index (κ1) is 14.5. The number of amides is 1. The molecule has 1 aliphatic rings. The van der Waals surface area contributed by atoms with Crippen LogP contribution in [0.25, 0.3) is 10.8 Å². The summed E-state index contributed by atoms with van der Waals surface area (Å²) in [6.07, 6.45) is 3.63.